The molecule has 8 nitrogen and oxygen atoms in total. The first-order chi connectivity index (χ1) is 17.2. The van der Waals surface area contributed by atoms with Crippen LogP contribution in [0.2, 0.25) is 5.02 Å². The van der Waals surface area contributed by atoms with Gasteiger partial charge in [-0.15, -0.1) is 0 Å². The van der Waals surface area contributed by atoms with Crippen molar-refractivity contribution < 1.29 is 28.6 Å². The SMILES string of the molecule is Cc1ccc2c(c1)C(NCCO)CC(C(=O)NC13CC(NC(=O)COc4ccc(Cl)c(F)c4)(C1)C3)O2. The summed E-state index contributed by atoms with van der Waals surface area (Å²) in [7, 11) is 0. The van der Waals surface area contributed by atoms with Gasteiger partial charge in [0.25, 0.3) is 11.8 Å². The van der Waals surface area contributed by atoms with Crippen LogP contribution in [-0.2, 0) is 9.59 Å². The quantitative estimate of drug-likeness (QED) is 0.407. The van der Waals surface area contributed by atoms with Gasteiger partial charge in [0.1, 0.15) is 17.3 Å². The molecule has 2 aromatic rings. The van der Waals surface area contributed by atoms with Crippen LogP contribution >= 0.6 is 11.6 Å². The van der Waals surface area contributed by atoms with Crippen LogP contribution in [-0.4, -0.2) is 53.9 Å². The van der Waals surface area contributed by atoms with Crippen molar-refractivity contribution in [1.82, 2.24) is 16.0 Å². The number of hydrogen-bond acceptors (Lipinski definition) is 6. The Kier molecular flexibility index (Phi) is 6.57. The van der Waals surface area contributed by atoms with Crippen molar-refractivity contribution in [2.45, 2.75) is 55.8 Å². The maximum Gasteiger partial charge on any atom is 0.261 e. The highest BCUT2D eigenvalue weighted by atomic mass is 35.5. The van der Waals surface area contributed by atoms with E-state index in [4.69, 9.17) is 21.1 Å². The van der Waals surface area contributed by atoms with E-state index in [0.717, 1.165) is 17.2 Å². The molecule has 192 valence electrons. The van der Waals surface area contributed by atoms with E-state index in [0.29, 0.717) is 38.0 Å². The third-order valence-electron chi connectivity index (χ3n) is 7.14. The highest BCUT2D eigenvalue weighted by molar-refractivity contribution is 6.30. The molecule has 2 atom stereocenters. The molecular formula is C26H29ClFN3O5. The largest absolute Gasteiger partial charge is 0.484 e. The number of fused-ring (bicyclic) bond motifs is 1. The minimum absolute atomic E-state index is 0.00785. The van der Waals surface area contributed by atoms with Crippen LogP contribution in [0.4, 0.5) is 4.39 Å². The number of rotatable bonds is 9. The Balaban J connectivity index is 1.12. The highest BCUT2D eigenvalue weighted by Gasteiger charge is 2.69. The van der Waals surface area contributed by atoms with Gasteiger partial charge in [-0.1, -0.05) is 29.3 Å². The van der Waals surface area contributed by atoms with Crippen molar-refractivity contribution in [3.8, 4) is 11.5 Å². The Labute approximate surface area is 213 Å². The number of benzene rings is 2. The average molecular weight is 518 g/mol. The minimum Gasteiger partial charge on any atom is -0.484 e. The molecule has 0 spiro atoms. The first-order valence-electron chi connectivity index (χ1n) is 12.0. The number of aryl methyl sites for hydroxylation is 1. The van der Waals surface area contributed by atoms with Crippen molar-refractivity contribution in [1.29, 1.82) is 0 Å². The third kappa shape index (κ3) is 4.87. The van der Waals surface area contributed by atoms with Crippen molar-refractivity contribution in [3.05, 3.63) is 58.4 Å². The molecule has 4 aliphatic rings. The Hall–Kier alpha value is -2.88. The van der Waals surface area contributed by atoms with E-state index < -0.39 is 11.9 Å². The van der Waals surface area contributed by atoms with Gasteiger partial charge in [-0.25, -0.2) is 4.39 Å². The molecule has 3 aliphatic carbocycles. The van der Waals surface area contributed by atoms with Gasteiger partial charge in [-0.05, 0) is 44.4 Å². The molecule has 2 unspecified atom stereocenters. The Morgan fingerprint density at radius 3 is 2.64 bits per heavy atom. The lowest BCUT2D eigenvalue weighted by atomic mass is 9.44. The fourth-order valence-electron chi connectivity index (χ4n) is 5.62. The van der Waals surface area contributed by atoms with Crippen LogP contribution in [0.3, 0.4) is 0 Å². The van der Waals surface area contributed by atoms with Crippen LogP contribution in [0, 0.1) is 12.7 Å². The van der Waals surface area contributed by atoms with Crippen LogP contribution < -0.4 is 25.4 Å². The maximum atomic E-state index is 13.5. The summed E-state index contributed by atoms with van der Waals surface area (Å²) in [6, 6.07) is 9.78. The maximum absolute atomic E-state index is 13.5. The molecule has 0 aromatic heterocycles. The fraction of sp³-hybridized carbons (Fsp3) is 0.462. The summed E-state index contributed by atoms with van der Waals surface area (Å²) < 4.78 is 24.9. The van der Waals surface area contributed by atoms with Gasteiger partial charge in [0.2, 0.25) is 0 Å². The van der Waals surface area contributed by atoms with E-state index in [-0.39, 0.29) is 52.9 Å². The second-order valence-electron chi connectivity index (χ2n) is 10.1. The van der Waals surface area contributed by atoms with Crippen molar-refractivity contribution in [2.75, 3.05) is 19.8 Å². The number of aliphatic hydroxyl groups excluding tert-OH is 1. The van der Waals surface area contributed by atoms with Crippen molar-refractivity contribution in [3.63, 3.8) is 0 Å². The number of aliphatic hydroxyl groups is 1. The van der Waals surface area contributed by atoms with Gasteiger partial charge in [0.15, 0.2) is 12.7 Å². The Morgan fingerprint density at radius 2 is 1.92 bits per heavy atom. The lowest BCUT2D eigenvalue weighted by Crippen LogP contribution is -2.84. The second-order valence-corrected chi connectivity index (χ2v) is 10.5. The van der Waals surface area contributed by atoms with E-state index in [2.05, 4.69) is 16.0 Å². The van der Waals surface area contributed by atoms with E-state index >= 15 is 0 Å². The number of carbonyl (C=O) groups is 2. The Morgan fingerprint density at radius 1 is 1.17 bits per heavy atom. The van der Waals surface area contributed by atoms with Crippen molar-refractivity contribution >= 4 is 23.4 Å². The van der Waals surface area contributed by atoms with Gasteiger partial charge >= 0.3 is 0 Å². The molecule has 2 bridgehead atoms. The number of carbonyl (C=O) groups excluding carboxylic acids is 2. The molecule has 3 fully saturated rings. The van der Waals surface area contributed by atoms with E-state index in [9.17, 15) is 19.1 Å². The molecule has 36 heavy (non-hydrogen) atoms. The van der Waals surface area contributed by atoms with Crippen LogP contribution in [0.15, 0.2) is 36.4 Å². The van der Waals surface area contributed by atoms with Gasteiger partial charge in [0, 0.05) is 41.7 Å². The normalized spacial score (nSPS) is 27.6. The smallest absolute Gasteiger partial charge is 0.261 e. The summed E-state index contributed by atoms with van der Waals surface area (Å²) in [4.78, 5) is 25.5. The van der Waals surface area contributed by atoms with E-state index in [1.54, 1.807) is 0 Å². The molecule has 1 aliphatic heterocycles. The second kappa shape index (κ2) is 9.53. The molecule has 2 amide bonds. The van der Waals surface area contributed by atoms with Gasteiger partial charge in [-0.2, -0.15) is 0 Å². The predicted octanol–water partition coefficient (Wildman–Crippen LogP) is 2.55. The summed E-state index contributed by atoms with van der Waals surface area (Å²) in [5.74, 6) is -0.188. The fourth-order valence-corrected chi connectivity index (χ4v) is 5.74. The first-order valence-corrected chi connectivity index (χ1v) is 12.4. The summed E-state index contributed by atoms with van der Waals surface area (Å²) in [5.41, 5.74) is 1.41. The van der Waals surface area contributed by atoms with Crippen molar-refractivity contribution in [2.24, 2.45) is 0 Å². The third-order valence-corrected chi connectivity index (χ3v) is 7.45. The highest BCUT2D eigenvalue weighted by Crippen LogP contribution is 2.60. The van der Waals surface area contributed by atoms with E-state index in [1.165, 1.54) is 12.1 Å². The molecular weight excluding hydrogens is 489 g/mol. The predicted molar refractivity (Wildman–Crippen MR) is 131 cm³/mol. The molecule has 10 heteroatoms. The van der Waals surface area contributed by atoms with E-state index in [1.807, 2.05) is 25.1 Å². The van der Waals surface area contributed by atoms with Gasteiger partial charge in [-0.3, -0.25) is 9.59 Å². The van der Waals surface area contributed by atoms with Crippen LogP contribution in [0.5, 0.6) is 11.5 Å². The molecule has 1 heterocycles. The lowest BCUT2D eigenvalue weighted by molar-refractivity contribution is -0.154. The zero-order valence-corrected chi connectivity index (χ0v) is 20.7. The average Bonchev–Trinajstić information content (AvgIpc) is 2.81. The molecule has 3 saturated carbocycles. The molecule has 4 N–H and O–H groups in total. The molecule has 6 rings (SSSR count). The number of hydrogen-bond donors (Lipinski definition) is 4. The van der Waals surface area contributed by atoms with Crippen LogP contribution in [0.1, 0.15) is 42.9 Å². The number of amides is 2. The molecule has 2 aromatic carbocycles. The monoisotopic (exact) mass is 517 g/mol. The topological polar surface area (TPSA) is 109 Å². The first kappa shape index (κ1) is 24.8. The zero-order chi connectivity index (χ0) is 25.5. The summed E-state index contributed by atoms with van der Waals surface area (Å²) in [6.45, 7) is 2.20. The lowest BCUT2D eigenvalue weighted by Gasteiger charge is -2.70. The summed E-state index contributed by atoms with van der Waals surface area (Å²) in [5, 5.41) is 18.6. The van der Waals surface area contributed by atoms with Crippen LogP contribution in [0.25, 0.3) is 0 Å². The Bertz CT molecular complexity index is 1170. The number of nitrogens with one attached hydrogen (secondary N) is 3. The van der Waals surface area contributed by atoms with Gasteiger partial charge < -0.3 is 30.5 Å². The molecule has 0 radical (unpaired) electrons. The number of ether oxygens (including phenoxy) is 2. The summed E-state index contributed by atoms with van der Waals surface area (Å²) >= 11 is 5.66. The summed E-state index contributed by atoms with van der Waals surface area (Å²) in [6.07, 6.45) is 1.73. The van der Waals surface area contributed by atoms with Gasteiger partial charge in [0.05, 0.1) is 11.6 Å². The molecule has 0 saturated heterocycles. The number of halogens is 2. The zero-order valence-electron chi connectivity index (χ0n) is 19.9. The standard InChI is InChI=1S/C26H29ClFN3O5/c1-15-2-5-21-17(8-15)20(29-6-7-32)10-22(36-21)24(34)31-26-12-25(13-26,14-26)30-23(33)11-35-16-3-4-18(27)19(28)9-16/h2-5,8-9,20,22,29,32H,6-7,10-14H2,1H3,(H,30,33)(H,31,34). The minimum atomic E-state index is -0.649.